The lowest BCUT2D eigenvalue weighted by Gasteiger charge is -2.12. The smallest absolute Gasteiger partial charge is 0.145 e. The van der Waals surface area contributed by atoms with Crippen molar-refractivity contribution in [2.75, 3.05) is 19.0 Å². The Kier molecular flexibility index (Phi) is 5.10. The molecule has 0 aliphatic rings. The van der Waals surface area contributed by atoms with Gasteiger partial charge in [-0.2, -0.15) is 5.26 Å². The molecule has 0 aliphatic carbocycles. The van der Waals surface area contributed by atoms with Gasteiger partial charge in [0.15, 0.2) is 0 Å². The molecule has 0 saturated heterocycles. The van der Waals surface area contributed by atoms with Crippen molar-refractivity contribution in [2.45, 2.75) is 13.0 Å². The van der Waals surface area contributed by atoms with Crippen LogP contribution in [0.25, 0.3) is 0 Å². The molecule has 0 bridgehead atoms. The van der Waals surface area contributed by atoms with Gasteiger partial charge in [-0.3, -0.25) is 0 Å². The first-order chi connectivity index (χ1) is 9.85. The Morgan fingerprint density at radius 1 is 1.20 bits per heavy atom. The standard InChI is InChI=1S/C16H17N3O/c1-20-10-8-13-5-2-3-7-15(13)19-12-14-6-4-9-18-16(14)11-17/h2-7,9,19H,8,10,12H2,1H3. The number of hydrogen-bond acceptors (Lipinski definition) is 4. The van der Waals surface area contributed by atoms with Crippen LogP contribution in [-0.4, -0.2) is 18.7 Å². The van der Waals surface area contributed by atoms with E-state index in [1.165, 1.54) is 5.56 Å². The summed E-state index contributed by atoms with van der Waals surface area (Å²) in [7, 11) is 1.70. The third kappa shape index (κ3) is 3.56. The van der Waals surface area contributed by atoms with Crippen molar-refractivity contribution >= 4 is 5.69 Å². The van der Waals surface area contributed by atoms with E-state index in [1.807, 2.05) is 30.3 Å². The van der Waals surface area contributed by atoms with Crippen molar-refractivity contribution in [3.8, 4) is 6.07 Å². The van der Waals surface area contributed by atoms with Crippen LogP contribution in [0, 0.1) is 11.3 Å². The summed E-state index contributed by atoms with van der Waals surface area (Å²) in [5.41, 5.74) is 3.64. The molecule has 0 aliphatic heterocycles. The molecule has 2 rings (SSSR count). The molecule has 2 aromatic rings. The fourth-order valence-electron chi connectivity index (χ4n) is 2.00. The highest BCUT2D eigenvalue weighted by Crippen LogP contribution is 2.17. The van der Waals surface area contributed by atoms with Gasteiger partial charge in [-0.25, -0.2) is 4.98 Å². The SMILES string of the molecule is COCCc1ccccc1NCc1cccnc1C#N. The van der Waals surface area contributed by atoms with Crippen molar-refractivity contribution < 1.29 is 4.74 Å². The Labute approximate surface area is 119 Å². The highest BCUT2D eigenvalue weighted by Gasteiger charge is 2.04. The number of rotatable bonds is 6. The third-order valence-electron chi connectivity index (χ3n) is 3.06. The Morgan fingerprint density at radius 2 is 2.00 bits per heavy atom. The largest absolute Gasteiger partial charge is 0.384 e. The van der Waals surface area contributed by atoms with Crippen LogP contribution in [0.2, 0.25) is 0 Å². The Bertz CT molecular complexity index is 605. The molecule has 4 heteroatoms. The van der Waals surface area contributed by atoms with E-state index in [-0.39, 0.29) is 0 Å². The Balaban J connectivity index is 2.09. The first-order valence-electron chi connectivity index (χ1n) is 6.50. The highest BCUT2D eigenvalue weighted by atomic mass is 16.5. The van der Waals surface area contributed by atoms with Gasteiger partial charge in [0, 0.05) is 31.1 Å². The van der Waals surface area contributed by atoms with Crippen molar-refractivity contribution in [1.29, 1.82) is 5.26 Å². The highest BCUT2D eigenvalue weighted by molar-refractivity contribution is 5.52. The van der Waals surface area contributed by atoms with Crippen LogP contribution in [0.3, 0.4) is 0 Å². The topological polar surface area (TPSA) is 57.9 Å². The van der Waals surface area contributed by atoms with Gasteiger partial charge in [0.05, 0.1) is 6.61 Å². The molecule has 0 fully saturated rings. The summed E-state index contributed by atoms with van der Waals surface area (Å²) >= 11 is 0. The van der Waals surface area contributed by atoms with E-state index in [0.717, 1.165) is 17.7 Å². The summed E-state index contributed by atoms with van der Waals surface area (Å²) < 4.78 is 5.12. The number of hydrogen-bond donors (Lipinski definition) is 1. The van der Waals surface area contributed by atoms with Crippen LogP contribution in [0.1, 0.15) is 16.8 Å². The average Bonchev–Trinajstić information content (AvgIpc) is 2.52. The number of nitriles is 1. The van der Waals surface area contributed by atoms with Gasteiger partial charge in [-0.15, -0.1) is 0 Å². The quantitative estimate of drug-likeness (QED) is 0.874. The summed E-state index contributed by atoms with van der Waals surface area (Å²) in [6, 6.07) is 14.0. The van der Waals surface area contributed by atoms with E-state index >= 15 is 0 Å². The zero-order chi connectivity index (χ0) is 14.2. The molecule has 0 atom stereocenters. The number of methoxy groups -OCH3 is 1. The van der Waals surface area contributed by atoms with Crippen molar-refractivity contribution in [1.82, 2.24) is 4.98 Å². The number of aromatic nitrogens is 1. The fraction of sp³-hybridized carbons (Fsp3) is 0.250. The molecule has 0 saturated carbocycles. The van der Waals surface area contributed by atoms with E-state index < -0.39 is 0 Å². The number of pyridine rings is 1. The van der Waals surface area contributed by atoms with Crippen molar-refractivity contribution in [3.63, 3.8) is 0 Å². The first-order valence-corrected chi connectivity index (χ1v) is 6.50. The second kappa shape index (κ2) is 7.27. The van der Waals surface area contributed by atoms with Gasteiger partial charge in [0.1, 0.15) is 11.8 Å². The van der Waals surface area contributed by atoms with E-state index in [1.54, 1.807) is 13.3 Å². The summed E-state index contributed by atoms with van der Waals surface area (Å²) in [6.07, 6.45) is 2.49. The number of anilines is 1. The molecule has 0 unspecified atom stereocenters. The van der Waals surface area contributed by atoms with Crippen LogP contribution >= 0.6 is 0 Å². The molecular formula is C16H17N3O. The number of ether oxygens (including phenoxy) is 1. The predicted octanol–water partition coefficient (Wildman–Crippen LogP) is 2.75. The summed E-state index contributed by atoms with van der Waals surface area (Å²) in [4.78, 5) is 4.06. The summed E-state index contributed by atoms with van der Waals surface area (Å²) in [5.74, 6) is 0. The van der Waals surface area contributed by atoms with Crippen LogP contribution in [-0.2, 0) is 17.7 Å². The number of nitrogens with zero attached hydrogens (tertiary/aromatic N) is 2. The van der Waals surface area contributed by atoms with Gasteiger partial charge in [0.25, 0.3) is 0 Å². The van der Waals surface area contributed by atoms with Crippen LogP contribution in [0.15, 0.2) is 42.6 Å². The van der Waals surface area contributed by atoms with E-state index in [2.05, 4.69) is 22.4 Å². The Morgan fingerprint density at radius 3 is 2.80 bits per heavy atom. The fourth-order valence-corrected chi connectivity index (χ4v) is 2.00. The van der Waals surface area contributed by atoms with Gasteiger partial charge < -0.3 is 10.1 Å². The number of benzene rings is 1. The summed E-state index contributed by atoms with van der Waals surface area (Å²) in [6.45, 7) is 1.27. The second-order valence-corrected chi connectivity index (χ2v) is 4.38. The minimum atomic E-state index is 0.467. The first kappa shape index (κ1) is 14.0. The zero-order valence-corrected chi connectivity index (χ0v) is 11.5. The minimum Gasteiger partial charge on any atom is -0.384 e. The van der Waals surface area contributed by atoms with Gasteiger partial charge >= 0.3 is 0 Å². The lowest BCUT2D eigenvalue weighted by atomic mass is 10.1. The third-order valence-corrected chi connectivity index (χ3v) is 3.06. The molecule has 0 radical (unpaired) electrons. The van der Waals surface area contributed by atoms with Crippen molar-refractivity contribution in [3.05, 3.63) is 59.4 Å². The van der Waals surface area contributed by atoms with Crippen LogP contribution < -0.4 is 5.32 Å². The molecule has 4 nitrogen and oxygen atoms in total. The maximum Gasteiger partial charge on any atom is 0.145 e. The van der Waals surface area contributed by atoms with Crippen molar-refractivity contribution in [2.24, 2.45) is 0 Å². The molecule has 20 heavy (non-hydrogen) atoms. The predicted molar refractivity (Wildman–Crippen MR) is 78.3 cm³/mol. The molecular weight excluding hydrogens is 250 g/mol. The lowest BCUT2D eigenvalue weighted by Crippen LogP contribution is -2.06. The normalized spacial score (nSPS) is 10.0. The van der Waals surface area contributed by atoms with Crippen LogP contribution in [0.5, 0.6) is 0 Å². The number of para-hydroxylation sites is 1. The molecule has 1 aromatic carbocycles. The molecule has 1 N–H and O–H groups in total. The average molecular weight is 267 g/mol. The van der Waals surface area contributed by atoms with E-state index in [4.69, 9.17) is 10.00 Å². The monoisotopic (exact) mass is 267 g/mol. The van der Waals surface area contributed by atoms with Gasteiger partial charge in [0.2, 0.25) is 0 Å². The zero-order valence-electron chi connectivity index (χ0n) is 11.5. The lowest BCUT2D eigenvalue weighted by molar-refractivity contribution is 0.202. The summed E-state index contributed by atoms with van der Waals surface area (Å²) in [5, 5.41) is 12.4. The molecule has 0 amide bonds. The molecule has 1 aromatic heterocycles. The molecule has 102 valence electrons. The second-order valence-electron chi connectivity index (χ2n) is 4.38. The molecule has 1 heterocycles. The van der Waals surface area contributed by atoms with E-state index in [0.29, 0.717) is 18.8 Å². The Hall–Kier alpha value is -2.38. The minimum absolute atomic E-state index is 0.467. The van der Waals surface area contributed by atoms with Crippen LogP contribution in [0.4, 0.5) is 5.69 Å². The molecule has 0 spiro atoms. The maximum absolute atomic E-state index is 9.03. The number of nitrogens with one attached hydrogen (secondary N) is 1. The van der Waals surface area contributed by atoms with Gasteiger partial charge in [-0.1, -0.05) is 24.3 Å². The van der Waals surface area contributed by atoms with Gasteiger partial charge in [-0.05, 0) is 24.1 Å². The van der Waals surface area contributed by atoms with E-state index in [9.17, 15) is 0 Å². The maximum atomic E-state index is 9.03.